The maximum atomic E-state index is 12.8. The molecule has 0 bridgehead atoms. The lowest BCUT2D eigenvalue weighted by molar-refractivity contribution is -0.113. The molecule has 1 aromatic heterocycles. The summed E-state index contributed by atoms with van der Waals surface area (Å²) in [6.45, 7) is 2.85. The highest BCUT2D eigenvalue weighted by Gasteiger charge is 2.24. The first-order chi connectivity index (χ1) is 13.4. The summed E-state index contributed by atoms with van der Waals surface area (Å²) in [7, 11) is -3.48. The van der Waals surface area contributed by atoms with Crippen LogP contribution in [-0.4, -0.2) is 47.6 Å². The van der Waals surface area contributed by atoms with Crippen molar-refractivity contribution < 1.29 is 17.7 Å². The molecule has 2 aromatic rings. The number of anilines is 1. The predicted molar refractivity (Wildman–Crippen MR) is 107 cm³/mol. The number of thioether (sulfide) groups is 1. The first-order valence-electron chi connectivity index (χ1n) is 9.22. The molecule has 1 saturated heterocycles. The van der Waals surface area contributed by atoms with E-state index in [-0.39, 0.29) is 16.6 Å². The van der Waals surface area contributed by atoms with E-state index in [9.17, 15) is 13.2 Å². The Bertz CT molecular complexity index is 889. The molecule has 1 aliphatic heterocycles. The van der Waals surface area contributed by atoms with Crippen molar-refractivity contribution in [3.63, 3.8) is 0 Å². The molecule has 1 aromatic carbocycles. The van der Waals surface area contributed by atoms with E-state index in [0.29, 0.717) is 36.2 Å². The number of aromatic nitrogens is 2. The van der Waals surface area contributed by atoms with Crippen LogP contribution in [0, 0.1) is 6.92 Å². The quantitative estimate of drug-likeness (QED) is 0.728. The number of carbonyl (C=O) groups excluding carboxylic acids is 1. The highest BCUT2D eigenvalue weighted by molar-refractivity contribution is 7.99. The van der Waals surface area contributed by atoms with E-state index in [1.165, 1.54) is 11.8 Å². The molecule has 3 rings (SSSR count). The zero-order valence-corrected chi connectivity index (χ0v) is 17.4. The van der Waals surface area contributed by atoms with E-state index >= 15 is 0 Å². The molecule has 1 amide bonds. The summed E-state index contributed by atoms with van der Waals surface area (Å²) < 4.78 is 32.0. The standard InChI is InChI=1S/C18H24N4O4S2/c1-14-19-17(21-26-14)12-27-13-18(23)20-15-6-8-16(9-7-15)28(24,25)22-10-4-2-3-5-11-22/h6-9H,2-5,10-13H2,1H3,(H,20,23). The van der Waals surface area contributed by atoms with Gasteiger partial charge in [0.1, 0.15) is 0 Å². The van der Waals surface area contributed by atoms with Gasteiger partial charge in [0.05, 0.1) is 16.4 Å². The topological polar surface area (TPSA) is 105 Å². The third kappa shape index (κ3) is 5.55. The summed E-state index contributed by atoms with van der Waals surface area (Å²) in [6, 6.07) is 6.34. The zero-order valence-electron chi connectivity index (χ0n) is 15.8. The summed E-state index contributed by atoms with van der Waals surface area (Å²) in [5.41, 5.74) is 0.566. The van der Waals surface area contributed by atoms with E-state index in [1.54, 1.807) is 35.5 Å². The van der Waals surface area contributed by atoms with Crippen LogP contribution in [-0.2, 0) is 20.6 Å². The fraction of sp³-hybridized carbons (Fsp3) is 0.500. The Morgan fingerprint density at radius 2 is 1.86 bits per heavy atom. The molecule has 1 N–H and O–H groups in total. The van der Waals surface area contributed by atoms with Gasteiger partial charge in [0.25, 0.3) is 0 Å². The number of benzene rings is 1. The van der Waals surface area contributed by atoms with Crippen LogP contribution < -0.4 is 5.32 Å². The third-order valence-corrected chi connectivity index (χ3v) is 7.22. The Hall–Kier alpha value is -1.91. The van der Waals surface area contributed by atoms with Crippen molar-refractivity contribution in [3.05, 3.63) is 36.0 Å². The first kappa shape index (κ1) is 20.8. The SMILES string of the molecule is Cc1nc(CSCC(=O)Nc2ccc(S(=O)(=O)N3CCCCCC3)cc2)no1. The van der Waals surface area contributed by atoms with Crippen molar-refractivity contribution >= 4 is 33.4 Å². The molecule has 8 nitrogen and oxygen atoms in total. The smallest absolute Gasteiger partial charge is 0.243 e. The molecule has 0 aliphatic carbocycles. The van der Waals surface area contributed by atoms with Gasteiger partial charge in [-0.15, -0.1) is 11.8 Å². The maximum absolute atomic E-state index is 12.8. The maximum Gasteiger partial charge on any atom is 0.243 e. The Morgan fingerprint density at radius 3 is 2.46 bits per heavy atom. The van der Waals surface area contributed by atoms with Crippen molar-refractivity contribution in [2.24, 2.45) is 0 Å². The zero-order chi connectivity index (χ0) is 20.0. The molecule has 1 fully saturated rings. The van der Waals surface area contributed by atoms with Gasteiger partial charge in [-0.3, -0.25) is 4.79 Å². The lowest BCUT2D eigenvalue weighted by Gasteiger charge is -2.20. The van der Waals surface area contributed by atoms with Gasteiger partial charge in [-0.05, 0) is 37.1 Å². The van der Waals surface area contributed by atoms with Crippen LogP contribution >= 0.6 is 11.8 Å². The minimum absolute atomic E-state index is 0.173. The average molecular weight is 425 g/mol. The number of hydrogen-bond acceptors (Lipinski definition) is 7. The van der Waals surface area contributed by atoms with Crippen molar-refractivity contribution in [3.8, 4) is 0 Å². The fourth-order valence-corrected chi connectivity index (χ4v) is 5.15. The molecule has 28 heavy (non-hydrogen) atoms. The van der Waals surface area contributed by atoms with Crippen molar-refractivity contribution in [1.29, 1.82) is 0 Å². The molecule has 152 valence electrons. The lowest BCUT2D eigenvalue weighted by Crippen LogP contribution is -2.31. The number of sulfonamides is 1. The van der Waals surface area contributed by atoms with Gasteiger partial charge in [0.2, 0.25) is 21.8 Å². The number of nitrogens with zero attached hydrogens (tertiary/aromatic N) is 3. The summed E-state index contributed by atoms with van der Waals surface area (Å²) in [5, 5.41) is 6.54. The third-order valence-electron chi connectivity index (χ3n) is 4.37. The Balaban J connectivity index is 1.52. The summed E-state index contributed by atoms with van der Waals surface area (Å²) in [4.78, 5) is 16.4. The van der Waals surface area contributed by atoms with Gasteiger partial charge in [-0.1, -0.05) is 18.0 Å². The highest BCUT2D eigenvalue weighted by Crippen LogP contribution is 2.22. The second-order valence-electron chi connectivity index (χ2n) is 6.61. The van der Waals surface area contributed by atoms with E-state index in [1.807, 2.05) is 0 Å². The molecule has 0 saturated carbocycles. The van der Waals surface area contributed by atoms with Gasteiger partial charge < -0.3 is 9.84 Å². The van der Waals surface area contributed by atoms with Crippen LogP contribution in [0.4, 0.5) is 5.69 Å². The highest BCUT2D eigenvalue weighted by atomic mass is 32.2. The average Bonchev–Trinajstić information content (AvgIpc) is 2.91. The van der Waals surface area contributed by atoms with Crippen molar-refractivity contribution in [1.82, 2.24) is 14.4 Å². The number of aryl methyl sites for hydroxylation is 1. The Morgan fingerprint density at radius 1 is 1.18 bits per heavy atom. The number of nitrogens with one attached hydrogen (secondary N) is 1. The van der Waals surface area contributed by atoms with E-state index in [0.717, 1.165) is 25.7 Å². The van der Waals surface area contributed by atoms with E-state index < -0.39 is 10.0 Å². The van der Waals surface area contributed by atoms with Crippen LogP contribution in [0.3, 0.4) is 0 Å². The minimum Gasteiger partial charge on any atom is -0.340 e. The Labute approximate surface area is 169 Å². The van der Waals surface area contributed by atoms with Crippen LogP contribution in [0.5, 0.6) is 0 Å². The Kier molecular flexibility index (Phi) is 7.08. The van der Waals surface area contributed by atoms with Crippen LogP contribution in [0.15, 0.2) is 33.7 Å². The number of hydrogen-bond donors (Lipinski definition) is 1. The van der Waals surface area contributed by atoms with Crippen molar-refractivity contribution in [2.45, 2.75) is 43.3 Å². The minimum atomic E-state index is -3.48. The molecule has 1 aliphatic rings. The van der Waals surface area contributed by atoms with Gasteiger partial charge in [0, 0.05) is 25.7 Å². The molecule has 0 atom stereocenters. The number of rotatable bonds is 7. The second kappa shape index (κ2) is 9.53. The number of amides is 1. The number of carbonyl (C=O) groups is 1. The van der Waals surface area contributed by atoms with E-state index in [2.05, 4.69) is 15.5 Å². The molecule has 10 heteroatoms. The van der Waals surface area contributed by atoms with Gasteiger partial charge in [0.15, 0.2) is 5.82 Å². The van der Waals surface area contributed by atoms with Crippen molar-refractivity contribution in [2.75, 3.05) is 24.2 Å². The van der Waals surface area contributed by atoms with Crippen LogP contribution in [0.2, 0.25) is 0 Å². The first-order valence-corrected chi connectivity index (χ1v) is 11.8. The predicted octanol–water partition coefficient (Wildman–Crippen LogP) is 2.81. The van der Waals surface area contributed by atoms with Crippen LogP contribution in [0.25, 0.3) is 0 Å². The molecule has 2 heterocycles. The molecule has 0 unspecified atom stereocenters. The second-order valence-corrected chi connectivity index (χ2v) is 9.54. The monoisotopic (exact) mass is 424 g/mol. The van der Waals surface area contributed by atoms with Gasteiger partial charge in [-0.2, -0.15) is 9.29 Å². The van der Waals surface area contributed by atoms with E-state index in [4.69, 9.17) is 4.52 Å². The summed E-state index contributed by atoms with van der Waals surface area (Å²) >= 11 is 1.38. The molecule has 0 spiro atoms. The molecular formula is C18H24N4O4S2. The normalized spacial score (nSPS) is 15.9. The summed E-state index contributed by atoms with van der Waals surface area (Å²) in [5.74, 6) is 1.60. The lowest BCUT2D eigenvalue weighted by atomic mass is 10.2. The molecule has 0 radical (unpaired) electrons. The summed E-state index contributed by atoms with van der Waals surface area (Å²) in [6.07, 6.45) is 3.94. The molecular weight excluding hydrogens is 400 g/mol. The van der Waals surface area contributed by atoms with Gasteiger partial charge in [-0.25, -0.2) is 8.42 Å². The van der Waals surface area contributed by atoms with Crippen LogP contribution in [0.1, 0.15) is 37.4 Å². The van der Waals surface area contributed by atoms with Gasteiger partial charge >= 0.3 is 0 Å². The fourth-order valence-electron chi connectivity index (χ4n) is 2.97. The largest absolute Gasteiger partial charge is 0.340 e.